The van der Waals surface area contributed by atoms with Gasteiger partial charge in [0.25, 0.3) is 0 Å². The van der Waals surface area contributed by atoms with Crippen molar-refractivity contribution >= 4 is 11.9 Å². The maximum absolute atomic E-state index is 12.0. The summed E-state index contributed by atoms with van der Waals surface area (Å²) < 4.78 is 5.66. The summed E-state index contributed by atoms with van der Waals surface area (Å²) in [5, 5.41) is 9.20. The molecule has 0 unspecified atom stereocenters. The fraction of sp³-hybridized carbons (Fsp3) is 0.556. The van der Waals surface area contributed by atoms with Crippen LogP contribution in [0.3, 0.4) is 0 Å². The molecule has 0 aliphatic rings. The van der Waals surface area contributed by atoms with Gasteiger partial charge in [0.1, 0.15) is 12.4 Å². The second-order valence-electron chi connectivity index (χ2n) is 6.26. The van der Waals surface area contributed by atoms with E-state index in [1.807, 2.05) is 52.0 Å². The maximum atomic E-state index is 12.0. The molecule has 1 rings (SSSR count). The first kappa shape index (κ1) is 19.8. The van der Waals surface area contributed by atoms with Crippen LogP contribution >= 0.6 is 0 Å². The van der Waals surface area contributed by atoms with E-state index in [4.69, 9.17) is 4.74 Å². The molecule has 0 atom stereocenters. The molecule has 0 fully saturated rings. The van der Waals surface area contributed by atoms with Gasteiger partial charge in [0.15, 0.2) is 5.96 Å². The minimum Gasteiger partial charge on any atom is -0.492 e. The van der Waals surface area contributed by atoms with Crippen molar-refractivity contribution < 1.29 is 9.53 Å². The van der Waals surface area contributed by atoms with E-state index in [1.165, 1.54) is 5.56 Å². The fourth-order valence-corrected chi connectivity index (χ4v) is 1.98. The molecular weight excluding hydrogens is 304 g/mol. The average Bonchev–Trinajstić information content (AvgIpc) is 2.56. The van der Waals surface area contributed by atoms with E-state index in [0.717, 1.165) is 5.75 Å². The topological polar surface area (TPSA) is 74.8 Å². The Kier molecular flexibility index (Phi) is 8.09. The number of hydrogen-bond donors (Lipinski definition) is 3. The molecule has 3 N–H and O–H groups in total. The van der Waals surface area contributed by atoms with Crippen molar-refractivity contribution in [2.45, 2.75) is 27.7 Å². The van der Waals surface area contributed by atoms with Crippen LogP contribution in [0.5, 0.6) is 5.75 Å². The summed E-state index contributed by atoms with van der Waals surface area (Å²) in [6, 6.07) is 7.95. The van der Waals surface area contributed by atoms with Gasteiger partial charge in [-0.3, -0.25) is 9.79 Å². The van der Waals surface area contributed by atoms with Crippen molar-refractivity contribution in [1.82, 2.24) is 16.0 Å². The van der Waals surface area contributed by atoms with E-state index >= 15 is 0 Å². The SMILES string of the molecule is CCNC(=O)C(C)(C)CNC(=NC)NCCOc1ccc(C)cc1. The number of carbonyl (C=O) groups excluding carboxylic acids is 1. The smallest absolute Gasteiger partial charge is 0.227 e. The molecule has 24 heavy (non-hydrogen) atoms. The van der Waals surface area contributed by atoms with E-state index < -0.39 is 5.41 Å². The summed E-state index contributed by atoms with van der Waals surface area (Å²) in [7, 11) is 1.70. The average molecular weight is 334 g/mol. The third-order valence-corrected chi connectivity index (χ3v) is 3.56. The Bertz CT molecular complexity index is 538. The minimum atomic E-state index is -0.508. The van der Waals surface area contributed by atoms with Crippen LogP contribution in [0.1, 0.15) is 26.3 Å². The van der Waals surface area contributed by atoms with Crippen molar-refractivity contribution in [3.05, 3.63) is 29.8 Å². The van der Waals surface area contributed by atoms with Gasteiger partial charge in [-0.1, -0.05) is 17.7 Å². The number of rotatable bonds is 8. The maximum Gasteiger partial charge on any atom is 0.227 e. The van der Waals surface area contributed by atoms with Gasteiger partial charge in [0.2, 0.25) is 5.91 Å². The number of aliphatic imine (C=N–C) groups is 1. The van der Waals surface area contributed by atoms with Gasteiger partial charge in [0, 0.05) is 20.1 Å². The zero-order chi connectivity index (χ0) is 18.0. The predicted molar refractivity (Wildman–Crippen MR) is 98.5 cm³/mol. The van der Waals surface area contributed by atoms with Crippen LogP contribution in [0.4, 0.5) is 0 Å². The molecule has 0 spiro atoms. The molecule has 1 aromatic rings. The monoisotopic (exact) mass is 334 g/mol. The summed E-state index contributed by atoms with van der Waals surface area (Å²) in [5.74, 6) is 1.53. The van der Waals surface area contributed by atoms with Crippen LogP contribution < -0.4 is 20.7 Å². The normalized spacial score (nSPS) is 11.8. The predicted octanol–water partition coefficient (Wildman–Crippen LogP) is 1.70. The molecule has 0 aromatic heterocycles. The van der Waals surface area contributed by atoms with E-state index in [1.54, 1.807) is 7.05 Å². The summed E-state index contributed by atoms with van der Waals surface area (Å²) in [6.07, 6.45) is 0. The number of nitrogens with zero attached hydrogens (tertiary/aromatic N) is 1. The quantitative estimate of drug-likeness (QED) is 0.384. The van der Waals surface area contributed by atoms with Gasteiger partial charge < -0.3 is 20.7 Å². The lowest BCUT2D eigenvalue weighted by Gasteiger charge is -2.24. The Morgan fingerprint density at radius 3 is 2.42 bits per heavy atom. The zero-order valence-corrected chi connectivity index (χ0v) is 15.4. The summed E-state index contributed by atoms with van der Waals surface area (Å²) in [6.45, 7) is 10.0. The van der Waals surface area contributed by atoms with E-state index in [2.05, 4.69) is 20.9 Å². The Labute approximate surface area is 145 Å². The third-order valence-electron chi connectivity index (χ3n) is 3.56. The first-order valence-electron chi connectivity index (χ1n) is 8.31. The lowest BCUT2D eigenvalue weighted by atomic mass is 9.92. The molecule has 0 saturated carbocycles. The number of benzene rings is 1. The largest absolute Gasteiger partial charge is 0.492 e. The number of hydrogen-bond acceptors (Lipinski definition) is 3. The van der Waals surface area contributed by atoms with E-state index in [9.17, 15) is 4.79 Å². The van der Waals surface area contributed by atoms with Crippen molar-refractivity contribution in [2.24, 2.45) is 10.4 Å². The van der Waals surface area contributed by atoms with Crippen LogP contribution in [0.15, 0.2) is 29.3 Å². The highest BCUT2D eigenvalue weighted by Crippen LogP contribution is 2.13. The summed E-state index contributed by atoms with van der Waals surface area (Å²) in [5.41, 5.74) is 0.700. The summed E-state index contributed by atoms with van der Waals surface area (Å²) >= 11 is 0. The van der Waals surface area contributed by atoms with Crippen LogP contribution in [0.25, 0.3) is 0 Å². The first-order valence-corrected chi connectivity index (χ1v) is 8.31. The third kappa shape index (κ3) is 6.89. The number of amides is 1. The number of nitrogens with one attached hydrogen (secondary N) is 3. The Balaban J connectivity index is 2.32. The zero-order valence-electron chi connectivity index (χ0n) is 15.4. The molecule has 0 aliphatic heterocycles. The molecule has 0 heterocycles. The first-order chi connectivity index (χ1) is 11.4. The molecule has 6 heteroatoms. The Morgan fingerprint density at radius 1 is 1.17 bits per heavy atom. The molecule has 134 valence electrons. The Morgan fingerprint density at radius 2 is 1.83 bits per heavy atom. The highest BCUT2D eigenvalue weighted by Gasteiger charge is 2.27. The lowest BCUT2D eigenvalue weighted by molar-refractivity contribution is -0.128. The van der Waals surface area contributed by atoms with Gasteiger partial charge in [0.05, 0.1) is 12.0 Å². The number of guanidine groups is 1. The number of carbonyl (C=O) groups is 1. The second-order valence-corrected chi connectivity index (χ2v) is 6.26. The van der Waals surface area contributed by atoms with Crippen molar-refractivity contribution in [3.63, 3.8) is 0 Å². The highest BCUT2D eigenvalue weighted by atomic mass is 16.5. The molecule has 0 aliphatic carbocycles. The van der Waals surface area contributed by atoms with Gasteiger partial charge in [-0.2, -0.15) is 0 Å². The van der Waals surface area contributed by atoms with Gasteiger partial charge in [-0.25, -0.2) is 0 Å². The Hall–Kier alpha value is -2.24. The molecule has 6 nitrogen and oxygen atoms in total. The number of ether oxygens (including phenoxy) is 1. The standard InChI is InChI=1S/C18H30N4O2/c1-6-20-16(23)18(3,4)13-22-17(19-5)21-11-12-24-15-9-7-14(2)8-10-15/h7-10H,6,11-13H2,1-5H3,(H,20,23)(H2,19,21,22). The van der Waals surface area contributed by atoms with Crippen LogP contribution in [-0.2, 0) is 4.79 Å². The molecule has 1 amide bonds. The van der Waals surface area contributed by atoms with Gasteiger partial charge in [-0.15, -0.1) is 0 Å². The van der Waals surface area contributed by atoms with Crippen molar-refractivity contribution in [1.29, 1.82) is 0 Å². The highest BCUT2D eigenvalue weighted by molar-refractivity contribution is 5.84. The molecule has 0 radical (unpaired) electrons. The molecule has 0 bridgehead atoms. The minimum absolute atomic E-state index is 0.0238. The van der Waals surface area contributed by atoms with Crippen molar-refractivity contribution in [3.8, 4) is 5.75 Å². The second kappa shape index (κ2) is 9.80. The summed E-state index contributed by atoms with van der Waals surface area (Å²) in [4.78, 5) is 16.1. The fourth-order valence-electron chi connectivity index (χ4n) is 1.98. The molecule has 1 aromatic carbocycles. The van der Waals surface area contributed by atoms with Crippen LogP contribution in [0, 0.1) is 12.3 Å². The van der Waals surface area contributed by atoms with Gasteiger partial charge in [-0.05, 0) is 39.8 Å². The van der Waals surface area contributed by atoms with E-state index in [-0.39, 0.29) is 5.91 Å². The van der Waals surface area contributed by atoms with Crippen LogP contribution in [-0.4, -0.2) is 45.2 Å². The van der Waals surface area contributed by atoms with Gasteiger partial charge >= 0.3 is 0 Å². The van der Waals surface area contributed by atoms with Crippen LogP contribution in [0.2, 0.25) is 0 Å². The van der Waals surface area contributed by atoms with E-state index in [0.29, 0.717) is 32.2 Å². The molecule has 0 saturated heterocycles. The lowest BCUT2D eigenvalue weighted by Crippen LogP contribution is -2.48. The van der Waals surface area contributed by atoms with Crippen molar-refractivity contribution in [2.75, 3.05) is 33.3 Å². The number of aryl methyl sites for hydroxylation is 1. The molecular formula is C18H30N4O2.